The fraction of sp³-hybridized carbons (Fsp3) is 0.393. The van der Waals surface area contributed by atoms with E-state index in [-0.39, 0.29) is 22.8 Å². The van der Waals surface area contributed by atoms with Crippen molar-refractivity contribution >= 4 is 22.6 Å². The van der Waals surface area contributed by atoms with E-state index in [9.17, 15) is 22.8 Å². The maximum absolute atomic E-state index is 14.0. The summed E-state index contributed by atoms with van der Waals surface area (Å²) in [5.74, 6) is 0.151. The Kier molecular flexibility index (Phi) is 7.24. The number of nitrogens with one attached hydrogen (secondary N) is 1. The SMILES string of the molecule is CCCCNC(=O)c1ccc(-c2cc3c(CC)c(C(=O)CC4CC4)cnc3cc2C(F)(F)F)cc1. The second kappa shape index (κ2) is 10.2. The van der Waals surface area contributed by atoms with Gasteiger partial charge < -0.3 is 5.32 Å². The third kappa shape index (κ3) is 5.55. The Balaban J connectivity index is 1.77. The highest BCUT2D eigenvalue weighted by atomic mass is 19.4. The second-order valence-corrected chi connectivity index (χ2v) is 9.17. The van der Waals surface area contributed by atoms with E-state index in [1.165, 1.54) is 36.5 Å². The van der Waals surface area contributed by atoms with Crippen molar-refractivity contribution in [2.24, 2.45) is 5.92 Å². The normalized spacial score (nSPS) is 13.7. The van der Waals surface area contributed by atoms with Crippen LogP contribution in [0.3, 0.4) is 0 Å². The van der Waals surface area contributed by atoms with Crippen molar-refractivity contribution in [3.8, 4) is 11.1 Å². The van der Waals surface area contributed by atoms with Gasteiger partial charge in [-0.25, -0.2) is 0 Å². The third-order valence-electron chi connectivity index (χ3n) is 6.52. The molecule has 1 amide bonds. The number of Topliss-reactive ketones (excluding diaryl/α,β-unsaturated/α-hetero) is 1. The lowest BCUT2D eigenvalue weighted by atomic mass is 9.91. The fourth-order valence-electron chi connectivity index (χ4n) is 4.36. The molecule has 1 saturated carbocycles. The van der Waals surface area contributed by atoms with E-state index >= 15 is 0 Å². The monoisotopic (exact) mass is 482 g/mol. The van der Waals surface area contributed by atoms with Gasteiger partial charge in [0.25, 0.3) is 5.91 Å². The molecule has 184 valence electrons. The van der Waals surface area contributed by atoms with Crippen molar-refractivity contribution < 1.29 is 22.8 Å². The van der Waals surface area contributed by atoms with Crippen LogP contribution < -0.4 is 5.32 Å². The lowest BCUT2D eigenvalue weighted by Crippen LogP contribution is -2.24. The summed E-state index contributed by atoms with van der Waals surface area (Å²) >= 11 is 0. The summed E-state index contributed by atoms with van der Waals surface area (Å²) in [6.45, 7) is 4.47. The molecular weight excluding hydrogens is 453 g/mol. The molecule has 0 spiro atoms. The number of benzene rings is 2. The number of ketones is 1. The van der Waals surface area contributed by atoms with Gasteiger partial charge in [-0.1, -0.05) is 32.4 Å². The molecule has 1 N–H and O–H groups in total. The number of aromatic nitrogens is 1. The highest BCUT2D eigenvalue weighted by molar-refractivity contribution is 6.02. The molecule has 0 radical (unpaired) electrons. The number of fused-ring (bicyclic) bond motifs is 1. The van der Waals surface area contributed by atoms with Crippen molar-refractivity contribution in [1.82, 2.24) is 10.3 Å². The van der Waals surface area contributed by atoms with Crippen LogP contribution in [0.4, 0.5) is 13.2 Å². The number of unbranched alkanes of at least 4 members (excludes halogenated alkanes) is 1. The van der Waals surface area contributed by atoms with Crippen LogP contribution in [-0.2, 0) is 12.6 Å². The van der Waals surface area contributed by atoms with E-state index in [1.807, 2.05) is 13.8 Å². The number of amides is 1. The molecule has 2 aromatic carbocycles. The van der Waals surface area contributed by atoms with E-state index in [1.54, 1.807) is 0 Å². The summed E-state index contributed by atoms with van der Waals surface area (Å²) in [6.07, 6.45) is 1.69. The van der Waals surface area contributed by atoms with Gasteiger partial charge >= 0.3 is 6.18 Å². The molecule has 0 saturated heterocycles. The summed E-state index contributed by atoms with van der Waals surface area (Å²) in [4.78, 5) is 29.4. The molecule has 0 unspecified atom stereocenters. The minimum Gasteiger partial charge on any atom is -0.352 e. The highest BCUT2D eigenvalue weighted by Crippen LogP contribution is 2.41. The van der Waals surface area contributed by atoms with Crippen molar-refractivity contribution in [1.29, 1.82) is 0 Å². The number of aryl methyl sites for hydroxylation is 1. The molecule has 1 aromatic heterocycles. The van der Waals surface area contributed by atoms with E-state index < -0.39 is 11.7 Å². The Morgan fingerprint density at radius 3 is 2.40 bits per heavy atom. The van der Waals surface area contributed by atoms with Crippen LogP contribution in [-0.4, -0.2) is 23.2 Å². The number of alkyl halides is 3. The molecule has 1 aliphatic carbocycles. The summed E-state index contributed by atoms with van der Waals surface area (Å²) in [5.41, 5.74) is 1.39. The predicted molar refractivity (Wildman–Crippen MR) is 130 cm³/mol. The first-order valence-electron chi connectivity index (χ1n) is 12.2. The van der Waals surface area contributed by atoms with Crippen LogP contribution in [0.15, 0.2) is 42.6 Å². The zero-order chi connectivity index (χ0) is 25.2. The Morgan fingerprint density at radius 2 is 1.80 bits per heavy atom. The zero-order valence-corrected chi connectivity index (χ0v) is 20.0. The Bertz CT molecular complexity index is 1250. The fourth-order valence-corrected chi connectivity index (χ4v) is 4.36. The summed E-state index contributed by atoms with van der Waals surface area (Å²) in [5, 5.41) is 3.36. The van der Waals surface area contributed by atoms with Gasteiger partial charge in [-0.15, -0.1) is 0 Å². The van der Waals surface area contributed by atoms with Crippen LogP contribution in [0.5, 0.6) is 0 Å². The molecule has 35 heavy (non-hydrogen) atoms. The Morgan fingerprint density at radius 1 is 1.09 bits per heavy atom. The maximum atomic E-state index is 14.0. The van der Waals surface area contributed by atoms with Gasteiger partial charge in [-0.3, -0.25) is 14.6 Å². The summed E-state index contributed by atoms with van der Waals surface area (Å²) < 4.78 is 42.1. The van der Waals surface area contributed by atoms with Crippen LogP contribution in [0.25, 0.3) is 22.0 Å². The van der Waals surface area contributed by atoms with Gasteiger partial charge in [0.1, 0.15) is 0 Å². The lowest BCUT2D eigenvalue weighted by Gasteiger charge is -2.17. The van der Waals surface area contributed by atoms with E-state index in [0.717, 1.165) is 37.3 Å². The first-order valence-corrected chi connectivity index (χ1v) is 12.2. The number of pyridine rings is 1. The van der Waals surface area contributed by atoms with Crippen LogP contribution in [0.2, 0.25) is 0 Å². The number of carbonyl (C=O) groups is 2. The minimum absolute atomic E-state index is 0.00126. The molecule has 1 heterocycles. The number of halogens is 3. The zero-order valence-electron chi connectivity index (χ0n) is 20.0. The van der Waals surface area contributed by atoms with Crippen molar-refractivity contribution in [2.75, 3.05) is 6.54 Å². The Hall–Kier alpha value is -3.22. The number of rotatable bonds is 9. The van der Waals surface area contributed by atoms with Crippen LogP contribution >= 0.6 is 0 Å². The molecule has 1 aliphatic rings. The van der Waals surface area contributed by atoms with Gasteiger partial charge in [0.2, 0.25) is 0 Å². The van der Waals surface area contributed by atoms with Crippen LogP contribution in [0, 0.1) is 5.92 Å². The molecule has 7 heteroatoms. The predicted octanol–water partition coefficient (Wildman–Crippen LogP) is 7.00. The van der Waals surface area contributed by atoms with Gasteiger partial charge in [0, 0.05) is 35.7 Å². The summed E-state index contributed by atoms with van der Waals surface area (Å²) in [6, 6.07) is 8.70. The highest BCUT2D eigenvalue weighted by Gasteiger charge is 2.35. The Labute approximate surface area is 202 Å². The first-order chi connectivity index (χ1) is 16.7. The molecule has 1 fully saturated rings. The molecular formula is C28H29F3N2O2. The standard InChI is InChI=1S/C28H29F3N2O2/c1-3-5-12-32-27(35)19-10-8-18(9-11-19)21-14-22-20(4-2)23(26(34)13-17-6-7-17)16-33-25(22)15-24(21)28(29,30)31/h8-11,14-17H,3-7,12-13H2,1-2H3,(H,32,35). The van der Waals surface area contributed by atoms with Crippen LogP contribution in [0.1, 0.15) is 77.8 Å². The van der Waals surface area contributed by atoms with E-state index in [2.05, 4.69) is 10.3 Å². The van der Waals surface area contributed by atoms with Crippen molar-refractivity contribution in [2.45, 2.75) is 58.5 Å². The molecule has 0 aliphatic heterocycles. The maximum Gasteiger partial charge on any atom is 0.417 e. The van der Waals surface area contributed by atoms with E-state index in [4.69, 9.17) is 0 Å². The van der Waals surface area contributed by atoms with Crippen molar-refractivity contribution in [3.05, 3.63) is 64.8 Å². The quantitative estimate of drug-likeness (QED) is 0.264. The number of nitrogens with zero attached hydrogens (tertiary/aromatic N) is 1. The molecule has 0 atom stereocenters. The molecule has 4 nitrogen and oxygen atoms in total. The lowest BCUT2D eigenvalue weighted by molar-refractivity contribution is -0.137. The average molecular weight is 483 g/mol. The summed E-state index contributed by atoms with van der Waals surface area (Å²) in [7, 11) is 0. The van der Waals surface area contributed by atoms with E-state index in [0.29, 0.717) is 47.4 Å². The minimum atomic E-state index is -4.59. The number of hydrogen-bond acceptors (Lipinski definition) is 3. The van der Waals surface area contributed by atoms with Gasteiger partial charge in [0.05, 0.1) is 11.1 Å². The third-order valence-corrected chi connectivity index (χ3v) is 6.52. The molecule has 3 aromatic rings. The van der Waals surface area contributed by atoms with Gasteiger partial charge in [0.15, 0.2) is 5.78 Å². The number of carbonyl (C=O) groups excluding carboxylic acids is 2. The largest absolute Gasteiger partial charge is 0.417 e. The second-order valence-electron chi connectivity index (χ2n) is 9.17. The van der Waals surface area contributed by atoms with Crippen molar-refractivity contribution in [3.63, 3.8) is 0 Å². The first kappa shape index (κ1) is 24.9. The molecule has 4 rings (SSSR count). The number of hydrogen-bond donors (Lipinski definition) is 1. The average Bonchev–Trinajstić information content (AvgIpc) is 3.66. The molecule has 0 bridgehead atoms. The smallest absolute Gasteiger partial charge is 0.352 e. The topological polar surface area (TPSA) is 59.1 Å². The van der Waals surface area contributed by atoms with Gasteiger partial charge in [-0.05, 0) is 72.6 Å². The van der Waals surface area contributed by atoms with Gasteiger partial charge in [-0.2, -0.15) is 13.2 Å².